The Kier molecular flexibility index (Phi) is 6.22. The van der Waals surface area contributed by atoms with Gasteiger partial charge in [-0.25, -0.2) is 9.67 Å². The number of hydrogen-bond donors (Lipinski definition) is 1. The molecule has 21 heavy (non-hydrogen) atoms. The minimum Gasteiger partial charge on any atom is -0.317 e. The van der Waals surface area contributed by atoms with E-state index in [0.29, 0.717) is 6.04 Å². The molecule has 0 radical (unpaired) electrons. The molecule has 1 aromatic rings. The molecule has 0 bridgehead atoms. The average Bonchev–Trinajstić information content (AvgIpc) is 2.94. The van der Waals surface area contributed by atoms with E-state index in [2.05, 4.69) is 47.8 Å². The van der Waals surface area contributed by atoms with Gasteiger partial charge in [0.1, 0.15) is 12.2 Å². The molecule has 4 heteroatoms. The van der Waals surface area contributed by atoms with Crippen LogP contribution in [0.2, 0.25) is 0 Å². The second kappa shape index (κ2) is 7.92. The maximum atomic E-state index is 4.53. The Bertz CT molecular complexity index is 413. The van der Waals surface area contributed by atoms with Crippen LogP contribution >= 0.6 is 0 Å². The van der Waals surface area contributed by atoms with Crippen molar-refractivity contribution < 1.29 is 0 Å². The zero-order chi connectivity index (χ0) is 15.2. The number of hydrogen-bond acceptors (Lipinski definition) is 3. The SMILES string of the molecule is CCNCC1CCC(CC)CC1Cc1ncnn1C(C)C. The second-order valence-electron chi connectivity index (χ2n) is 6.83. The van der Waals surface area contributed by atoms with Gasteiger partial charge in [-0.3, -0.25) is 0 Å². The third-order valence-electron chi connectivity index (χ3n) is 5.06. The van der Waals surface area contributed by atoms with Crippen LogP contribution in [0.25, 0.3) is 0 Å². The van der Waals surface area contributed by atoms with Gasteiger partial charge < -0.3 is 5.32 Å². The lowest BCUT2D eigenvalue weighted by atomic mass is 9.71. The van der Waals surface area contributed by atoms with Crippen LogP contribution in [0.4, 0.5) is 0 Å². The molecule has 1 heterocycles. The van der Waals surface area contributed by atoms with E-state index in [1.54, 1.807) is 6.33 Å². The first-order valence-corrected chi connectivity index (χ1v) is 8.74. The molecule has 1 fully saturated rings. The number of aromatic nitrogens is 3. The van der Waals surface area contributed by atoms with Gasteiger partial charge in [-0.1, -0.05) is 26.7 Å². The van der Waals surface area contributed by atoms with Gasteiger partial charge in [0.2, 0.25) is 0 Å². The Labute approximate surface area is 129 Å². The van der Waals surface area contributed by atoms with Crippen molar-refractivity contribution in [3.63, 3.8) is 0 Å². The van der Waals surface area contributed by atoms with Crippen molar-refractivity contribution in [2.75, 3.05) is 13.1 Å². The van der Waals surface area contributed by atoms with Crippen LogP contribution in [-0.4, -0.2) is 27.9 Å². The van der Waals surface area contributed by atoms with E-state index in [1.807, 2.05) is 0 Å². The van der Waals surface area contributed by atoms with Crippen LogP contribution in [0.5, 0.6) is 0 Å². The Morgan fingerprint density at radius 1 is 1.29 bits per heavy atom. The molecule has 120 valence electrons. The first kappa shape index (κ1) is 16.5. The van der Waals surface area contributed by atoms with Crippen LogP contribution in [0.1, 0.15) is 65.2 Å². The quantitative estimate of drug-likeness (QED) is 0.837. The molecule has 1 N–H and O–H groups in total. The third-order valence-corrected chi connectivity index (χ3v) is 5.06. The molecular weight excluding hydrogens is 260 g/mol. The third kappa shape index (κ3) is 4.29. The molecule has 1 aromatic heterocycles. The van der Waals surface area contributed by atoms with Crippen LogP contribution in [0.15, 0.2) is 6.33 Å². The highest BCUT2D eigenvalue weighted by atomic mass is 15.3. The van der Waals surface area contributed by atoms with Crippen LogP contribution in [0.3, 0.4) is 0 Å². The van der Waals surface area contributed by atoms with E-state index in [-0.39, 0.29) is 0 Å². The van der Waals surface area contributed by atoms with E-state index in [4.69, 9.17) is 0 Å². The monoisotopic (exact) mass is 292 g/mol. The molecule has 0 aliphatic heterocycles. The van der Waals surface area contributed by atoms with Crippen molar-refractivity contribution in [3.05, 3.63) is 12.2 Å². The summed E-state index contributed by atoms with van der Waals surface area (Å²) in [5, 5.41) is 7.95. The fraction of sp³-hybridized carbons (Fsp3) is 0.882. The molecule has 2 rings (SSSR count). The average molecular weight is 292 g/mol. The summed E-state index contributed by atoms with van der Waals surface area (Å²) in [6.45, 7) is 11.1. The van der Waals surface area contributed by atoms with Crippen LogP contribution < -0.4 is 5.32 Å². The summed E-state index contributed by atoms with van der Waals surface area (Å²) < 4.78 is 2.10. The normalized spacial score (nSPS) is 26.4. The minimum atomic E-state index is 0.403. The number of rotatable bonds is 7. The van der Waals surface area contributed by atoms with Crippen molar-refractivity contribution in [3.8, 4) is 0 Å². The summed E-state index contributed by atoms with van der Waals surface area (Å²) in [5.41, 5.74) is 0. The summed E-state index contributed by atoms with van der Waals surface area (Å²) in [6, 6.07) is 0.403. The van der Waals surface area contributed by atoms with Gasteiger partial charge in [-0.05, 0) is 57.5 Å². The van der Waals surface area contributed by atoms with E-state index < -0.39 is 0 Å². The predicted octanol–water partition coefficient (Wildman–Crippen LogP) is 3.45. The number of nitrogens with one attached hydrogen (secondary N) is 1. The first-order chi connectivity index (χ1) is 10.2. The highest BCUT2D eigenvalue weighted by molar-refractivity contribution is 4.93. The van der Waals surface area contributed by atoms with Crippen molar-refractivity contribution in [2.45, 2.75) is 65.8 Å². The Balaban J connectivity index is 2.06. The molecule has 0 amide bonds. The molecule has 0 saturated heterocycles. The highest BCUT2D eigenvalue weighted by Gasteiger charge is 2.30. The van der Waals surface area contributed by atoms with Gasteiger partial charge in [-0.2, -0.15) is 5.10 Å². The molecule has 3 unspecified atom stereocenters. The lowest BCUT2D eigenvalue weighted by Crippen LogP contribution is -2.34. The highest BCUT2D eigenvalue weighted by Crippen LogP contribution is 2.37. The van der Waals surface area contributed by atoms with Gasteiger partial charge in [0.25, 0.3) is 0 Å². The van der Waals surface area contributed by atoms with Gasteiger partial charge in [0, 0.05) is 12.5 Å². The van der Waals surface area contributed by atoms with Crippen LogP contribution in [0, 0.1) is 17.8 Å². The van der Waals surface area contributed by atoms with Crippen molar-refractivity contribution in [1.29, 1.82) is 0 Å². The van der Waals surface area contributed by atoms with Gasteiger partial charge in [-0.15, -0.1) is 0 Å². The zero-order valence-corrected chi connectivity index (χ0v) is 14.2. The van der Waals surface area contributed by atoms with Gasteiger partial charge in [0.05, 0.1) is 0 Å². The van der Waals surface area contributed by atoms with E-state index in [9.17, 15) is 0 Å². The standard InChI is InChI=1S/C17H32N4/c1-5-14-7-8-15(11-18-6-2)16(9-14)10-17-19-12-20-21(17)13(3)4/h12-16,18H,5-11H2,1-4H3. The molecule has 3 atom stereocenters. The fourth-order valence-corrected chi connectivity index (χ4v) is 3.73. The van der Waals surface area contributed by atoms with Crippen LogP contribution in [-0.2, 0) is 6.42 Å². The summed E-state index contributed by atoms with van der Waals surface area (Å²) in [4.78, 5) is 4.53. The van der Waals surface area contributed by atoms with Gasteiger partial charge in [0.15, 0.2) is 0 Å². The number of nitrogens with zero attached hydrogens (tertiary/aromatic N) is 3. The Hall–Kier alpha value is -0.900. The van der Waals surface area contributed by atoms with Crippen molar-refractivity contribution >= 4 is 0 Å². The molecular formula is C17H32N4. The second-order valence-corrected chi connectivity index (χ2v) is 6.83. The fourth-order valence-electron chi connectivity index (χ4n) is 3.73. The molecule has 1 aliphatic carbocycles. The Morgan fingerprint density at radius 2 is 2.10 bits per heavy atom. The molecule has 4 nitrogen and oxygen atoms in total. The molecule has 1 aliphatic rings. The summed E-state index contributed by atoms with van der Waals surface area (Å²) in [5.74, 6) is 3.63. The summed E-state index contributed by atoms with van der Waals surface area (Å²) >= 11 is 0. The van der Waals surface area contributed by atoms with E-state index in [1.165, 1.54) is 31.5 Å². The lowest BCUT2D eigenvalue weighted by molar-refractivity contribution is 0.168. The topological polar surface area (TPSA) is 42.7 Å². The minimum absolute atomic E-state index is 0.403. The van der Waals surface area contributed by atoms with E-state index in [0.717, 1.165) is 37.3 Å². The van der Waals surface area contributed by atoms with E-state index >= 15 is 0 Å². The van der Waals surface area contributed by atoms with Crippen molar-refractivity contribution in [2.24, 2.45) is 17.8 Å². The first-order valence-electron chi connectivity index (χ1n) is 8.74. The zero-order valence-electron chi connectivity index (χ0n) is 14.2. The smallest absolute Gasteiger partial charge is 0.138 e. The molecule has 0 aromatic carbocycles. The van der Waals surface area contributed by atoms with Gasteiger partial charge >= 0.3 is 0 Å². The summed E-state index contributed by atoms with van der Waals surface area (Å²) in [7, 11) is 0. The lowest BCUT2D eigenvalue weighted by Gasteiger charge is -2.36. The maximum Gasteiger partial charge on any atom is 0.138 e. The largest absolute Gasteiger partial charge is 0.317 e. The maximum absolute atomic E-state index is 4.53. The van der Waals surface area contributed by atoms with Crippen molar-refractivity contribution in [1.82, 2.24) is 20.1 Å². The molecule has 0 spiro atoms. The molecule has 1 saturated carbocycles. The summed E-state index contributed by atoms with van der Waals surface area (Å²) in [6.07, 6.45) is 8.25. The predicted molar refractivity (Wildman–Crippen MR) is 87.3 cm³/mol. The Morgan fingerprint density at radius 3 is 2.76 bits per heavy atom.